The fourth-order valence-corrected chi connectivity index (χ4v) is 3.85. The summed E-state index contributed by atoms with van der Waals surface area (Å²) in [5.41, 5.74) is 1.23. The van der Waals surface area contributed by atoms with Gasteiger partial charge in [-0.15, -0.1) is 0 Å². The van der Waals surface area contributed by atoms with Crippen molar-refractivity contribution < 1.29 is 4.79 Å². The molecule has 1 saturated carbocycles. The molecule has 116 valence electrons. The van der Waals surface area contributed by atoms with Gasteiger partial charge in [0, 0.05) is 9.61 Å². The molecule has 3 heteroatoms. The van der Waals surface area contributed by atoms with E-state index in [1.807, 2.05) is 24.3 Å². The van der Waals surface area contributed by atoms with Crippen molar-refractivity contribution in [3.8, 4) is 0 Å². The van der Waals surface area contributed by atoms with E-state index >= 15 is 0 Å². The van der Waals surface area contributed by atoms with E-state index < -0.39 is 0 Å². The van der Waals surface area contributed by atoms with Crippen molar-refractivity contribution in [2.24, 2.45) is 11.3 Å². The van der Waals surface area contributed by atoms with Crippen molar-refractivity contribution in [1.82, 2.24) is 5.32 Å². The predicted molar refractivity (Wildman–Crippen MR) is 96.4 cm³/mol. The van der Waals surface area contributed by atoms with Crippen LogP contribution in [0, 0.1) is 14.9 Å². The number of nitrogens with one attached hydrogen (secondary N) is 1. The first-order valence-corrected chi connectivity index (χ1v) is 9.07. The molecule has 0 saturated heterocycles. The third kappa shape index (κ3) is 4.21. The summed E-state index contributed by atoms with van der Waals surface area (Å²) in [6, 6.07) is 8.13. The van der Waals surface area contributed by atoms with Crippen LogP contribution >= 0.6 is 22.6 Å². The van der Waals surface area contributed by atoms with Crippen molar-refractivity contribution >= 4 is 28.5 Å². The molecule has 1 aromatic rings. The standard InChI is InChI=1S/C18H26INO/c1-4-18(2,3)13-9-11-14(12-10-13)20-17(21)15-7-5-6-8-16(15)19/h5-8,13-14H,4,9-12H2,1-3H3,(H,20,21). The summed E-state index contributed by atoms with van der Waals surface area (Å²) in [6.45, 7) is 7.04. The Hall–Kier alpha value is -0.580. The molecule has 1 aliphatic carbocycles. The summed E-state index contributed by atoms with van der Waals surface area (Å²) in [6.07, 6.45) is 5.93. The Kier molecular flexibility index (Phi) is 5.69. The molecule has 0 spiro atoms. The van der Waals surface area contributed by atoms with Crippen LogP contribution in [0.15, 0.2) is 24.3 Å². The number of halogens is 1. The highest BCUT2D eigenvalue weighted by molar-refractivity contribution is 14.1. The first-order chi connectivity index (χ1) is 9.94. The summed E-state index contributed by atoms with van der Waals surface area (Å²) >= 11 is 2.23. The Morgan fingerprint density at radius 1 is 1.24 bits per heavy atom. The van der Waals surface area contributed by atoms with Crippen molar-refractivity contribution in [2.75, 3.05) is 0 Å². The topological polar surface area (TPSA) is 29.1 Å². The third-order valence-electron chi connectivity index (χ3n) is 5.20. The summed E-state index contributed by atoms with van der Waals surface area (Å²) < 4.78 is 1.02. The molecule has 0 unspecified atom stereocenters. The van der Waals surface area contributed by atoms with E-state index in [1.165, 1.54) is 19.3 Å². The molecule has 2 nitrogen and oxygen atoms in total. The van der Waals surface area contributed by atoms with Crippen molar-refractivity contribution in [1.29, 1.82) is 0 Å². The number of hydrogen-bond acceptors (Lipinski definition) is 1. The molecule has 1 aliphatic rings. The number of amides is 1. The normalized spacial score (nSPS) is 22.9. The first kappa shape index (κ1) is 16.8. The van der Waals surface area contributed by atoms with Crippen molar-refractivity contribution in [3.05, 3.63) is 33.4 Å². The van der Waals surface area contributed by atoms with Crippen LogP contribution in [-0.2, 0) is 0 Å². The highest BCUT2D eigenvalue weighted by Gasteiger charge is 2.32. The molecule has 1 amide bonds. The maximum atomic E-state index is 12.4. The van der Waals surface area contributed by atoms with Crippen LogP contribution in [0.5, 0.6) is 0 Å². The summed E-state index contributed by atoms with van der Waals surface area (Å²) in [5.74, 6) is 0.880. The van der Waals surface area contributed by atoms with Crippen LogP contribution in [0.4, 0.5) is 0 Å². The minimum Gasteiger partial charge on any atom is -0.349 e. The molecule has 0 heterocycles. The maximum Gasteiger partial charge on any atom is 0.252 e. The summed E-state index contributed by atoms with van der Waals surface area (Å²) in [5, 5.41) is 3.22. The van der Waals surface area contributed by atoms with Gasteiger partial charge in [-0.1, -0.05) is 39.3 Å². The quantitative estimate of drug-likeness (QED) is 0.709. The van der Waals surface area contributed by atoms with Gasteiger partial charge in [-0.2, -0.15) is 0 Å². The zero-order valence-electron chi connectivity index (χ0n) is 13.3. The van der Waals surface area contributed by atoms with Crippen LogP contribution in [-0.4, -0.2) is 11.9 Å². The number of carbonyl (C=O) groups excluding carboxylic acids is 1. The molecule has 1 N–H and O–H groups in total. The number of carbonyl (C=O) groups is 1. The minimum absolute atomic E-state index is 0.0817. The van der Waals surface area contributed by atoms with E-state index in [0.29, 0.717) is 11.5 Å². The fraction of sp³-hybridized carbons (Fsp3) is 0.611. The van der Waals surface area contributed by atoms with Gasteiger partial charge >= 0.3 is 0 Å². The second-order valence-electron chi connectivity index (χ2n) is 6.84. The van der Waals surface area contributed by atoms with E-state index in [0.717, 1.165) is 27.9 Å². The minimum atomic E-state index is 0.0817. The molecule has 2 rings (SSSR count). The average molecular weight is 399 g/mol. The van der Waals surface area contributed by atoms with Crippen LogP contribution in [0.2, 0.25) is 0 Å². The smallest absolute Gasteiger partial charge is 0.252 e. The van der Waals surface area contributed by atoms with E-state index in [1.54, 1.807) is 0 Å². The van der Waals surface area contributed by atoms with Crippen LogP contribution in [0.3, 0.4) is 0 Å². The number of benzene rings is 1. The molecular weight excluding hydrogens is 373 g/mol. The molecule has 0 aromatic heterocycles. The van der Waals surface area contributed by atoms with Crippen molar-refractivity contribution in [3.63, 3.8) is 0 Å². The molecule has 0 atom stereocenters. The Bertz CT molecular complexity index is 490. The highest BCUT2D eigenvalue weighted by atomic mass is 127. The van der Waals surface area contributed by atoms with Crippen LogP contribution < -0.4 is 5.32 Å². The third-order valence-corrected chi connectivity index (χ3v) is 6.14. The lowest BCUT2D eigenvalue weighted by Gasteiger charge is -2.39. The lowest BCUT2D eigenvalue weighted by Crippen LogP contribution is -2.40. The molecule has 21 heavy (non-hydrogen) atoms. The molecular formula is C18H26INO. The molecule has 0 radical (unpaired) electrons. The zero-order chi connectivity index (χ0) is 15.5. The van der Waals surface area contributed by atoms with Crippen LogP contribution in [0.1, 0.15) is 63.2 Å². The Balaban J connectivity index is 1.89. The fourth-order valence-electron chi connectivity index (χ4n) is 3.22. The molecule has 1 fully saturated rings. The van der Waals surface area contributed by atoms with Crippen LogP contribution in [0.25, 0.3) is 0 Å². The monoisotopic (exact) mass is 399 g/mol. The van der Waals surface area contributed by atoms with E-state index in [4.69, 9.17) is 0 Å². The lowest BCUT2D eigenvalue weighted by atomic mass is 9.69. The second kappa shape index (κ2) is 7.12. The molecule has 1 aromatic carbocycles. The molecule has 0 aliphatic heterocycles. The number of hydrogen-bond donors (Lipinski definition) is 1. The van der Waals surface area contributed by atoms with Gasteiger partial charge in [-0.25, -0.2) is 0 Å². The average Bonchev–Trinajstić information content (AvgIpc) is 2.48. The number of rotatable bonds is 4. The lowest BCUT2D eigenvalue weighted by molar-refractivity contribution is 0.0892. The van der Waals surface area contributed by atoms with Gasteiger partial charge in [0.25, 0.3) is 5.91 Å². The van der Waals surface area contributed by atoms with Gasteiger partial charge in [-0.05, 0) is 71.7 Å². The first-order valence-electron chi connectivity index (χ1n) is 7.99. The Morgan fingerprint density at radius 3 is 2.43 bits per heavy atom. The Morgan fingerprint density at radius 2 is 1.86 bits per heavy atom. The van der Waals surface area contributed by atoms with Gasteiger partial charge in [0.15, 0.2) is 0 Å². The molecule has 0 bridgehead atoms. The zero-order valence-corrected chi connectivity index (χ0v) is 15.4. The van der Waals surface area contributed by atoms with Gasteiger partial charge in [0.1, 0.15) is 0 Å². The highest BCUT2D eigenvalue weighted by Crippen LogP contribution is 2.40. The van der Waals surface area contributed by atoms with E-state index in [9.17, 15) is 4.79 Å². The largest absolute Gasteiger partial charge is 0.349 e. The van der Waals surface area contributed by atoms with E-state index in [2.05, 4.69) is 48.7 Å². The summed E-state index contributed by atoms with van der Waals surface area (Å²) in [4.78, 5) is 12.4. The maximum absolute atomic E-state index is 12.4. The van der Waals surface area contributed by atoms with Gasteiger partial charge in [0.05, 0.1) is 5.56 Å². The second-order valence-corrected chi connectivity index (χ2v) is 8.01. The Labute approximate surface area is 142 Å². The van der Waals surface area contributed by atoms with Gasteiger partial charge in [-0.3, -0.25) is 4.79 Å². The van der Waals surface area contributed by atoms with E-state index in [-0.39, 0.29) is 5.91 Å². The predicted octanol–water partition coefficient (Wildman–Crippen LogP) is 5.02. The van der Waals surface area contributed by atoms with Gasteiger partial charge in [0.2, 0.25) is 0 Å². The van der Waals surface area contributed by atoms with Crippen molar-refractivity contribution in [2.45, 2.75) is 58.9 Å². The van der Waals surface area contributed by atoms with Gasteiger partial charge < -0.3 is 5.32 Å². The summed E-state index contributed by atoms with van der Waals surface area (Å²) in [7, 11) is 0. The SMILES string of the molecule is CCC(C)(C)C1CCC(NC(=O)c2ccccc2I)CC1.